The summed E-state index contributed by atoms with van der Waals surface area (Å²) < 4.78 is 9.40. The summed E-state index contributed by atoms with van der Waals surface area (Å²) in [5.41, 5.74) is 0.576. The van der Waals surface area contributed by atoms with Gasteiger partial charge in [0.1, 0.15) is 4.88 Å². The molecule has 5 nitrogen and oxygen atoms in total. The van der Waals surface area contributed by atoms with Gasteiger partial charge in [-0.05, 0) is 11.5 Å². The molecule has 1 aromatic heterocycles. The number of hydrogen-bond acceptors (Lipinski definition) is 5. The van der Waals surface area contributed by atoms with E-state index in [2.05, 4.69) is 9.59 Å². The molecular weight excluding hydrogens is 286 g/mol. The number of aromatic nitrogens is 2. The van der Waals surface area contributed by atoms with Gasteiger partial charge in [-0.1, -0.05) is 25.3 Å². The molecule has 1 aliphatic heterocycles. The lowest BCUT2D eigenvalue weighted by Crippen LogP contribution is -2.46. The molecule has 106 valence electrons. The van der Waals surface area contributed by atoms with Gasteiger partial charge in [-0.15, -0.1) is 16.7 Å². The summed E-state index contributed by atoms with van der Waals surface area (Å²) >= 11 is 6.95. The molecule has 1 aliphatic rings. The molecule has 19 heavy (non-hydrogen) atoms. The van der Waals surface area contributed by atoms with E-state index in [0.717, 1.165) is 17.2 Å². The summed E-state index contributed by atoms with van der Waals surface area (Å²) in [5.74, 6) is 0.384. The third-order valence-corrected chi connectivity index (χ3v) is 4.05. The number of nitrogens with zero attached hydrogens (tertiary/aromatic N) is 3. The average molecular weight is 304 g/mol. The van der Waals surface area contributed by atoms with Gasteiger partial charge in [-0.2, -0.15) is 0 Å². The molecule has 2 rings (SSSR count). The van der Waals surface area contributed by atoms with E-state index in [1.54, 1.807) is 4.90 Å². The van der Waals surface area contributed by atoms with Crippen LogP contribution in [0.15, 0.2) is 0 Å². The van der Waals surface area contributed by atoms with Crippen molar-refractivity contribution in [1.29, 1.82) is 0 Å². The summed E-state index contributed by atoms with van der Waals surface area (Å²) in [6.45, 7) is 7.74. The highest BCUT2D eigenvalue weighted by Crippen LogP contribution is 2.27. The zero-order valence-corrected chi connectivity index (χ0v) is 12.9. The molecule has 0 aromatic carbocycles. The Hall–Kier alpha value is -0.720. The maximum atomic E-state index is 12.5. The second-order valence-electron chi connectivity index (χ2n) is 5.60. The van der Waals surface area contributed by atoms with E-state index in [-0.39, 0.29) is 17.4 Å². The molecular formula is C12H18ClN3O2S. The lowest BCUT2D eigenvalue weighted by atomic mass is 9.91. The van der Waals surface area contributed by atoms with Gasteiger partial charge < -0.3 is 9.64 Å². The van der Waals surface area contributed by atoms with E-state index in [0.29, 0.717) is 30.5 Å². The Labute approximate surface area is 122 Å². The second kappa shape index (κ2) is 5.73. The molecule has 0 bridgehead atoms. The Morgan fingerprint density at radius 1 is 1.58 bits per heavy atom. The molecule has 1 unspecified atom stereocenters. The van der Waals surface area contributed by atoms with Crippen LogP contribution in [0.2, 0.25) is 0 Å². The van der Waals surface area contributed by atoms with Crippen molar-refractivity contribution >= 4 is 29.0 Å². The summed E-state index contributed by atoms with van der Waals surface area (Å²) in [6.07, 6.45) is -0.0849. The normalized spacial score (nSPS) is 20.6. The standard InChI is InChI=1S/C12H18ClN3O2S/c1-12(2,3)10-9(19-15-14-10)11(17)16-4-5-18-8(6-13)7-16/h8H,4-7H2,1-3H3. The molecule has 1 amide bonds. The Bertz CT molecular complexity index is 458. The molecule has 1 fully saturated rings. The highest BCUT2D eigenvalue weighted by atomic mass is 35.5. The van der Waals surface area contributed by atoms with Gasteiger partial charge in [0, 0.05) is 18.5 Å². The van der Waals surface area contributed by atoms with Crippen LogP contribution in [0.3, 0.4) is 0 Å². The van der Waals surface area contributed by atoms with Gasteiger partial charge >= 0.3 is 0 Å². The van der Waals surface area contributed by atoms with Crippen LogP contribution in [0.25, 0.3) is 0 Å². The van der Waals surface area contributed by atoms with Crippen LogP contribution < -0.4 is 0 Å². The van der Waals surface area contributed by atoms with Gasteiger partial charge in [-0.3, -0.25) is 4.79 Å². The first-order valence-electron chi connectivity index (χ1n) is 6.23. The molecule has 1 saturated heterocycles. The zero-order chi connectivity index (χ0) is 14.0. The van der Waals surface area contributed by atoms with Gasteiger partial charge in [0.05, 0.1) is 24.3 Å². The number of carbonyl (C=O) groups is 1. The van der Waals surface area contributed by atoms with E-state index in [4.69, 9.17) is 16.3 Å². The van der Waals surface area contributed by atoms with Crippen LogP contribution in [0, 0.1) is 0 Å². The predicted octanol–water partition coefficient (Wildman–Crippen LogP) is 1.92. The second-order valence-corrected chi connectivity index (χ2v) is 6.66. The quantitative estimate of drug-likeness (QED) is 0.783. The molecule has 0 radical (unpaired) electrons. The van der Waals surface area contributed by atoms with E-state index < -0.39 is 0 Å². The molecule has 0 spiro atoms. The summed E-state index contributed by atoms with van der Waals surface area (Å²) in [5, 5.41) is 4.11. The maximum absolute atomic E-state index is 12.5. The van der Waals surface area contributed by atoms with Crippen molar-refractivity contribution in [2.24, 2.45) is 0 Å². The minimum atomic E-state index is -0.184. The molecule has 7 heteroatoms. The molecule has 1 atom stereocenters. The Morgan fingerprint density at radius 2 is 2.32 bits per heavy atom. The number of amides is 1. The third-order valence-electron chi connectivity index (χ3n) is 2.99. The van der Waals surface area contributed by atoms with Crippen LogP contribution in [0.1, 0.15) is 36.1 Å². The van der Waals surface area contributed by atoms with Crippen LogP contribution >= 0.6 is 23.1 Å². The first-order valence-corrected chi connectivity index (χ1v) is 7.54. The molecule has 1 aromatic rings. The highest BCUT2D eigenvalue weighted by molar-refractivity contribution is 7.08. The third kappa shape index (κ3) is 3.24. The molecule has 2 heterocycles. The topological polar surface area (TPSA) is 55.3 Å². The Balaban J connectivity index is 2.18. The summed E-state index contributed by atoms with van der Waals surface area (Å²) in [7, 11) is 0. The first kappa shape index (κ1) is 14.7. The fourth-order valence-corrected chi connectivity index (χ4v) is 2.99. The minimum Gasteiger partial charge on any atom is -0.373 e. The van der Waals surface area contributed by atoms with Crippen molar-refractivity contribution in [3.05, 3.63) is 10.6 Å². The molecule has 0 N–H and O–H groups in total. The number of morpholine rings is 1. The Kier molecular flexibility index (Phi) is 4.43. The number of alkyl halides is 1. The van der Waals surface area contributed by atoms with Crippen molar-refractivity contribution in [3.63, 3.8) is 0 Å². The number of hydrogen-bond donors (Lipinski definition) is 0. The van der Waals surface area contributed by atoms with Crippen molar-refractivity contribution in [2.75, 3.05) is 25.6 Å². The SMILES string of the molecule is CC(C)(C)c1nnsc1C(=O)N1CCOC(CCl)C1. The van der Waals surface area contributed by atoms with Gasteiger partial charge in [0.15, 0.2) is 0 Å². The first-order chi connectivity index (χ1) is 8.93. The zero-order valence-electron chi connectivity index (χ0n) is 11.4. The van der Waals surface area contributed by atoms with E-state index in [1.807, 2.05) is 20.8 Å². The van der Waals surface area contributed by atoms with Gasteiger partial charge in [0.2, 0.25) is 0 Å². The van der Waals surface area contributed by atoms with Crippen molar-refractivity contribution in [2.45, 2.75) is 32.3 Å². The van der Waals surface area contributed by atoms with E-state index in [1.165, 1.54) is 0 Å². The van der Waals surface area contributed by atoms with Crippen molar-refractivity contribution in [1.82, 2.24) is 14.5 Å². The van der Waals surface area contributed by atoms with Crippen LogP contribution in [-0.4, -0.2) is 52.1 Å². The van der Waals surface area contributed by atoms with Gasteiger partial charge in [-0.25, -0.2) is 0 Å². The maximum Gasteiger partial charge on any atom is 0.267 e. The Morgan fingerprint density at radius 3 is 2.95 bits per heavy atom. The van der Waals surface area contributed by atoms with Crippen molar-refractivity contribution < 1.29 is 9.53 Å². The molecule has 0 aliphatic carbocycles. The fourth-order valence-electron chi connectivity index (χ4n) is 1.96. The van der Waals surface area contributed by atoms with Crippen molar-refractivity contribution in [3.8, 4) is 0 Å². The van der Waals surface area contributed by atoms with E-state index in [9.17, 15) is 4.79 Å². The highest BCUT2D eigenvalue weighted by Gasteiger charge is 2.31. The smallest absolute Gasteiger partial charge is 0.267 e. The van der Waals surface area contributed by atoms with Crippen LogP contribution in [-0.2, 0) is 10.2 Å². The van der Waals surface area contributed by atoms with E-state index >= 15 is 0 Å². The minimum absolute atomic E-state index is 0.0154. The predicted molar refractivity (Wildman–Crippen MR) is 75.0 cm³/mol. The number of rotatable bonds is 2. The number of ether oxygens (including phenoxy) is 1. The summed E-state index contributed by atoms with van der Waals surface area (Å²) in [4.78, 5) is 15.0. The lowest BCUT2D eigenvalue weighted by Gasteiger charge is -2.32. The van der Waals surface area contributed by atoms with Gasteiger partial charge in [0.25, 0.3) is 5.91 Å². The lowest BCUT2D eigenvalue weighted by molar-refractivity contribution is -0.0107. The molecule has 0 saturated carbocycles. The number of halogens is 1. The number of carbonyl (C=O) groups excluding carboxylic acids is 1. The van der Waals surface area contributed by atoms with Crippen LogP contribution in [0.4, 0.5) is 0 Å². The summed E-state index contributed by atoms with van der Waals surface area (Å²) in [6, 6.07) is 0. The van der Waals surface area contributed by atoms with Crippen LogP contribution in [0.5, 0.6) is 0 Å². The average Bonchev–Trinajstić information content (AvgIpc) is 2.87. The largest absolute Gasteiger partial charge is 0.373 e. The monoisotopic (exact) mass is 303 g/mol. The fraction of sp³-hybridized carbons (Fsp3) is 0.750.